The Morgan fingerprint density at radius 2 is 1.79 bits per heavy atom. The third-order valence-corrected chi connectivity index (χ3v) is 9.59. The van der Waals surface area contributed by atoms with Crippen molar-refractivity contribution in [1.82, 2.24) is 29.8 Å². The van der Waals surface area contributed by atoms with Crippen LogP contribution in [-0.4, -0.2) is 43.3 Å². The molecule has 0 spiro atoms. The highest BCUT2D eigenvalue weighted by Crippen LogP contribution is 2.34. The van der Waals surface area contributed by atoms with Crippen molar-refractivity contribution in [2.45, 2.75) is 43.9 Å². The number of thioether (sulfide) groups is 1. The molecule has 5 heterocycles. The third-order valence-electron chi connectivity index (χ3n) is 8.31. The van der Waals surface area contributed by atoms with Gasteiger partial charge in [0.05, 0.1) is 5.69 Å². The molecule has 1 aliphatic carbocycles. The molecule has 4 aromatic heterocycles. The van der Waals surface area contributed by atoms with E-state index < -0.39 is 0 Å². The monoisotopic (exact) mass is 575 g/mol. The van der Waals surface area contributed by atoms with Crippen LogP contribution in [0.3, 0.4) is 0 Å². The smallest absolute Gasteiger partial charge is 0.260 e. The summed E-state index contributed by atoms with van der Waals surface area (Å²) in [6, 6.07) is 16.5. The lowest BCUT2D eigenvalue weighted by Gasteiger charge is -2.22. The molecule has 0 radical (unpaired) electrons. The van der Waals surface area contributed by atoms with Crippen molar-refractivity contribution in [3.8, 4) is 22.4 Å². The number of hydrogen-bond donors (Lipinski definition) is 2. The number of aromatic nitrogens is 5. The van der Waals surface area contributed by atoms with E-state index in [-0.39, 0.29) is 11.6 Å². The maximum Gasteiger partial charge on any atom is 0.260 e. The number of anilines is 2. The second kappa shape index (κ2) is 11.7. The maximum absolute atomic E-state index is 14.2. The van der Waals surface area contributed by atoms with E-state index in [4.69, 9.17) is 9.97 Å². The zero-order valence-corrected chi connectivity index (χ0v) is 24.4. The van der Waals surface area contributed by atoms with Crippen LogP contribution in [0.1, 0.15) is 48.1 Å². The molecule has 1 aromatic carbocycles. The minimum Gasteiger partial charge on any atom is -0.324 e. The number of fused-ring (bicyclic) bond motifs is 1. The number of aryl methyl sites for hydroxylation is 1. The number of nitrogens with one attached hydrogen (secondary N) is 2. The Morgan fingerprint density at radius 1 is 0.976 bits per heavy atom. The molecule has 1 atom stereocenters. The number of benzene rings is 1. The Balaban J connectivity index is 1.24. The van der Waals surface area contributed by atoms with Crippen LogP contribution < -0.4 is 16.2 Å². The lowest BCUT2D eigenvalue weighted by atomic mass is 10.0. The van der Waals surface area contributed by atoms with Crippen LogP contribution in [0.5, 0.6) is 0 Å². The summed E-state index contributed by atoms with van der Waals surface area (Å²) in [5.74, 6) is 1.62. The summed E-state index contributed by atoms with van der Waals surface area (Å²) in [7, 11) is 0. The standard InChI is InChI=1S/C33H33N7OS/c1-21-16-29(22-10-12-34-13-11-22)36-19-28(21)27-17-24-18-37-33(39-31(24)40(32(27)41)26-4-2-3-5-26)38-25-8-6-23(7-9-25)30-20-35-14-15-42-30/h6-13,16-19,26,30,35H,2-5,14-15,20H2,1H3,(H,37,38,39). The molecule has 1 unspecified atom stereocenters. The van der Waals surface area contributed by atoms with E-state index >= 15 is 0 Å². The fourth-order valence-electron chi connectivity index (χ4n) is 6.08. The van der Waals surface area contributed by atoms with E-state index in [2.05, 4.69) is 44.9 Å². The highest BCUT2D eigenvalue weighted by atomic mass is 32.2. The van der Waals surface area contributed by atoms with Crippen molar-refractivity contribution >= 4 is 34.4 Å². The first-order chi connectivity index (χ1) is 20.6. The maximum atomic E-state index is 14.2. The van der Waals surface area contributed by atoms with Crippen molar-refractivity contribution in [1.29, 1.82) is 0 Å². The Bertz CT molecular complexity index is 1780. The van der Waals surface area contributed by atoms with Gasteiger partial charge in [-0.15, -0.1) is 0 Å². The molecule has 42 heavy (non-hydrogen) atoms. The summed E-state index contributed by atoms with van der Waals surface area (Å²) in [5, 5.41) is 8.16. The van der Waals surface area contributed by atoms with Gasteiger partial charge in [0.15, 0.2) is 0 Å². The zero-order valence-electron chi connectivity index (χ0n) is 23.6. The SMILES string of the molecule is Cc1cc(-c2ccncc2)ncc1-c1cc2cnc(Nc3ccc(C4CNCCS4)cc3)nc2n(C2CCCC2)c1=O. The van der Waals surface area contributed by atoms with Crippen molar-refractivity contribution in [3.63, 3.8) is 0 Å². The van der Waals surface area contributed by atoms with Crippen molar-refractivity contribution < 1.29 is 0 Å². The van der Waals surface area contributed by atoms with Gasteiger partial charge in [-0.25, -0.2) is 4.98 Å². The van der Waals surface area contributed by atoms with Gasteiger partial charge in [-0.05, 0) is 67.3 Å². The normalized spacial score (nSPS) is 17.5. The van der Waals surface area contributed by atoms with Gasteiger partial charge in [-0.3, -0.25) is 19.3 Å². The highest BCUT2D eigenvalue weighted by molar-refractivity contribution is 7.99. The second-order valence-corrected chi connectivity index (χ2v) is 12.4. The largest absolute Gasteiger partial charge is 0.324 e. The Labute approximate surface area is 249 Å². The molecule has 7 rings (SSSR count). The molecule has 0 amide bonds. The summed E-state index contributed by atoms with van der Waals surface area (Å²) < 4.78 is 1.91. The second-order valence-electron chi connectivity index (χ2n) is 11.1. The molecule has 5 aromatic rings. The van der Waals surface area contributed by atoms with E-state index in [9.17, 15) is 4.79 Å². The lowest BCUT2D eigenvalue weighted by molar-refractivity contribution is 0.516. The van der Waals surface area contributed by atoms with Crippen LogP contribution in [0.15, 0.2) is 78.1 Å². The quantitative estimate of drug-likeness (QED) is 0.238. The molecule has 9 heteroatoms. The molecule has 0 bridgehead atoms. The molecule has 1 saturated carbocycles. The van der Waals surface area contributed by atoms with Crippen LogP contribution in [-0.2, 0) is 0 Å². The first-order valence-corrected chi connectivity index (χ1v) is 15.7. The van der Waals surface area contributed by atoms with Crippen molar-refractivity contribution in [3.05, 3.63) is 94.8 Å². The Hall–Kier alpha value is -4.08. The van der Waals surface area contributed by atoms with Crippen LogP contribution in [0.25, 0.3) is 33.4 Å². The van der Waals surface area contributed by atoms with Gasteiger partial charge < -0.3 is 10.6 Å². The third kappa shape index (κ3) is 5.30. The molecule has 212 valence electrons. The first-order valence-electron chi connectivity index (χ1n) is 14.6. The lowest BCUT2D eigenvalue weighted by Crippen LogP contribution is -2.28. The fraction of sp³-hybridized carbons (Fsp3) is 0.303. The van der Waals surface area contributed by atoms with Gasteiger partial charge in [0.25, 0.3) is 5.56 Å². The topological polar surface area (TPSA) is 97.6 Å². The molecule has 2 fully saturated rings. The summed E-state index contributed by atoms with van der Waals surface area (Å²) >= 11 is 2.00. The predicted molar refractivity (Wildman–Crippen MR) is 170 cm³/mol. The Kier molecular flexibility index (Phi) is 7.44. The fourth-order valence-corrected chi connectivity index (χ4v) is 7.21. The molecule has 8 nitrogen and oxygen atoms in total. The zero-order chi connectivity index (χ0) is 28.5. The Morgan fingerprint density at radius 3 is 2.52 bits per heavy atom. The minimum absolute atomic E-state index is 0.0245. The average Bonchev–Trinajstić information content (AvgIpc) is 3.57. The molecule has 2 N–H and O–H groups in total. The molecule has 1 aliphatic heterocycles. The van der Waals surface area contributed by atoms with Gasteiger partial charge in [0, 0.05) is 82.7 Å². The summed E-state index contributed by atoms with van der Waals surface area (Å²) in [6.45, 7) is 4.10. The molecular formula is C33H33N7OS. The van der Waals surface area contributed by atoms with Gasteiger partial charge >= 0.3 is 0 Å². The van der Waals surface area contributed by atoms with E-state index in [1.807, 2.05) is 59.9 Å². The van der Waals surface area contributed by atoms with E-state index in [0.29, 0.717) is 22.4 Å². The van der Waals surface area contributed by atoms with Crippen LogP contribution in [0, 0.1) is 6.92 Å². The van der Waals surface area contributed by atoms with Gasteiger partial charge in [0.1, 0.15) is 5.65 Å². The number of nitrogens with zero attached hydrogens (tertiary/aromatic N) is 5. The van der Waals surface area contributed by atoms with E-state index in [1.165, 1.54) is 5.56 Å². The number of pyridine rings is 3. The van der Waals surface area contributed by atoms with Gasteiger partial charge in [0.2, 0.25) is 5.95 Å². The van der Waals surface area contributed by atoms with Gasteiger partial charge in [-0.2, -0.15) is 16.7 Å². The average molecular weight is 576 g/mol. The van der Waals surface area contributed by atoms with E-state index in [1.54, 1.807) is 12.4 Å². The predicted octanol–water partition coefficient (Wildman–Crippen LogP) is 6.46. The van der Waals surface area contributed by atoms with Crippen molar-refractivity contribution in [2.24, 2.45) is 0 Å². The minimum atomic E-state index is -0.0245. The van der Waals surface area contributed by atoms with Crippen molar-refractivity contribution in [2.75, 3.05) is 24.2 Å². The highest BCUT2D eigenvalue weighted by Gasteiger charge is 2.24. The summed E-state index contributed by atoms with van der Waals surface area (Å²) in [4.78, 5) is 32.5. The van der Waals surface area contributed by atoms with Gasteiger partial charge in [-0.1, -0.05) is 25.0 Å². The first kappa shape index (κ1) is 26.8. The molecular weight excluding hydrogens is 542 g/mol. The molecule has 1 saturated heterocycles. The van der Waals surface area contributed by atoms with E-state index in [0.717, 1.165) is 78.0 Å². The number of rotatable bonds is 6. The summed E-state index contributed by atoms with van der Waals surface area (Å²) in [5.41, 5.74) is 7.21. The number of hydrogen-bond acceptors (Lipinski definition) is 8. The molecule has 2 aliphatic rings. The van der Waals surface area contributed by atoms with Crippen LogP contribution in [0.2, 0.25) is 0 Å². The summed E-state index contributed by atoms with van der Waals surface area (Å²) in [6.07, 6.45) is 11.3. The van der Waals surface area contributed by atoms with Crippen LogP contribution in [0.4, 0.5) is 11.6 Å². The van der Waals surface area contributed by atoms with Crippen LogP contribution >= 0.6 is 11.8 Å².